The van der Waals surface area contributed by atoms with Crippen LogP contribution < -0.4 is 0 Å². The number of ether oxygens (including phenoxy) is 3. The number of benzene rings is 1. The molecule has 3 fully saturated rings. The average molecular weight is 347 g/mol. The smallest absolute Gasteiger partial charge is 0.410 e. The Labute approximate surface area is 147 Å². The van der Waals surface area contributed by atoms with E-state index in [1.807, 2.05) is 37.3 Å². The van der Waals surface area contributed by atoms with Crippen LogP contribution in [0.4, 0.5) is 4.79 Å². The first-order valence-corrected chi connectivity index (χ1v) is 9.03. The number of hydrogen-bond acceptors (Lipinski definition) is 5. The van der Waals surface area contributed by atoms with Gasteiger partial charge in [0.25, 0.3) is 0 Å². The van der Waals surface area contributed by atoms with Gasteiger partial charge in [-0.25, -0.2) is 4.79 Å². The molecule has 0 aliphatic carbocycles. The van der Waals surface area contributed by atoms with Crippen molar-refractivity contribution < 1.29 is 24.1 Å². The van der Waals surface area contributed by atoms with Gasteiger partial charge >= 0.3 is 6.09 Å². The van der Waals surface area contributed by atoms with Gasteiger partial charge in [0.05, 0.1) is 25.4 Å². The highest BCUT2D eigenvalue weighted by Gasteiger charge is 2.57. The molecular weight excluding hydrogens is 322 g/mol. The van der Waals surface area contributed by atoms with Crippen LogP contribution in [0.3, 0.4) is 0 Å². The van der Waals surface area contributed by atoms with E-state index in [0.717, 1.165) is 12.0 Å². The number of carbonyl (C=O) groups is 1. The highest BCUT2D eigenvalue weighted by atomic mass is 16.7. The zero-order valence-corrected chi connectivity index (χ0v) is 14.5. The van der Waals surface area contributed by atoms with Gasteiger partial charge in [-0.2, -0.15) is 0 Å². The summed E-state index contributed by atoms with van der Waals surface area (Å²) in [5.74, 6) is -0.622. The number of aliphatic hydroxyl groups is 1. The van der Waals surface area contributed by atoms with Crippen LogP contribution in [-0.2, 0) is 20.8 Å². The molecule has 4 atom stereocenters. The van der Waals surface area contributed by atoms with E-state index in [4.69, 9.17) is 14.2 Å². The molecule has 1 amide bonds. The summed E-state index contributed by atoms with van der Waals surface area (Å²) in [4.78, 5) is 14.5. The largest absolute Gasteiger partial charge is 0.445 e. The van der Waals surface area contributed by atoms with Gasteiger partial charge in [-0.1, -0.05) is 30.3 Å². The van der Waals surface area contributed by atoms with Gasteiger partial charge in [0, 0.05) is 12.0 Å². The predicted octanol–water partition coefficient (Wildman–Crippen LogP) is 2.30. The molecule has 6 nitrogen and oxygen atoms in total. The lowest BCUT2D eigenvalue weighted by atomic mass is 9.90. The van der Waals surface area contributed by atoms with E-state index in [-0.39, 0.29) is 30.7 Å². The number of aliphatic hydroxyl groups excluding tert-OH is 1. The fourth-order valence-electron chi connectivity index (χ4n) is 4.56. The minimum Gasteiger partial charge on any atom is -0.445 e. The fourth-order valence-corrected chi connectivity index (χ4v) is 4.56. The van der Waals surface area contributed by atoms with E-state index >= 15 is 0 Å². The first kappa shape index (κ1) is 16.8. The Morgan fingerprint density at radius 2 is 1.96 bits per heavy atom. The summed E-state index contributed by atoms with van der Waals surface area (Å²) in [6, 6.07) is 9.39. The van der Waals surface area contributed by atoms with Gasteiger partial charge < -0.3 is 19.3 Å². The molecule has 6 heteroatoms. The van der Waals surface area contributed by atoms with Crippen LogP contribution in [0, 0.1) is 5.92 Å². The van der Waals surface area contributed by atoms with E-state index < -0.39 is 11.9 Å². The van der Waals surface area contributed by atoms with Gasteiger partial charge in [-0.3, -0.25) is 4.90 Å². The van der Waals surface area contributed by atoms with Crippen molar-refractivity contribution in [2.45, 2.75) is 56.8 Å². The van der Waals surface area contributed by atoms with Crippen LogP contribution in [0.1, 0.15) is 31.7 Å². The third kappa shape index (κ3) is 3.03. The first-order chi connectivity index (χ1) is 12.1. The topological polar surface area (TPSA) is 68.2 Å². The molecule has 0 aromatic heterocycles. The molecular formula is C19H25NO5. The summed E-state index contributed by atoms with van der Waals surface area (Å²) in [7, 11) is 0. The van der Waals surface area contributed by atoms with Gasteiger partial charge in [0.1, 0.15) is 6.61 Å². The number of hydrogen-bond donors (Lipinski definition) is 1. The highest BCUT2D eigenvalue weighted by molar-refractivity contribution is 5.69. The highest BCUT2D eigenvalue weighted by Crippen LogP contribution is 2.47. The monoisotopic (exact) mass is 347 g/mol. The first-order valence-electron chi connectivity index (χ1n) is 9.03. The number of fused-ring (bicyclic) bond motifs is 2. The number of rotatable bonds is 3. The zero-order chi connectivity index (χ0) is 17.4. The van der Waals surface area contributed by atoms with E-state index in [1.54, 1.807) is 4.90 Å². The normalized spacial score (nSPS) is 33.4. The Morgan fingerprint density at radius 1 is 1.24 bits per heavy atom. The standard InChI is InChI=1S/C19H25NO5/c1-19(24-9-10-25-19)14-11-16-17(21)8-7-15(14)20(16)18(22)23-12-13-5-3-2-4-6-13/h2-6,14-17,21H,7-12H2,1H3/t14?,15-,16?,17?/m0/s1. The molecule has 4 rings (SSSR count). The average Bonchev–Trinajstić information content (AvgIpc) is 3.19. The van der Waals surface area contributed by atoms with E-state index in [1.165, 1.54) is 0 Å². The number of nitrogens with zero attached hydrogens (tertiary/aromatic N) is 1. The van der Waals surface area contributed by atoms with Crippen LogP contribution in [0.25, 0.3) is 0 Å². The molecule has 1 N–H and O–H groups in total. The van der Waals surface area contributed by atoms with Crippen LogP contribution in [0.2, 0.25) is 0 Å². The summed E-state index contributed by atoms with van der Waals surface area (Å²) in [6.07, 6.45) is 1.25. The Bertz CT molecular complexity index is 616. The summed E-state index contributed by atoms with van der Waals surface area (Å²) < 4.78 is 17.2. The molecule has 1 aromatic rings. The molecule has 2 bridgehead atoms. The molecule has 0 radical (unpaired) electrons. The lowest BCUT2D eigenvalue weighted by Crippen LogP contribution is -2.52. The SMILES string of the molecule is CC1(C2CC3C(O)CC[C@@H]2N3C(=O)OCc2ccccc2)OCCO1. The van der Waals surface area contributed by atoms with E-state index in [2.05, 4.69) is 0 Å². The Balaban J connectivity index is 1.49. The second kappa shape index (κ2) is 6.59. The van der Waals surface area contributed by atoms with Crippen molar-refractivity contribution in [3.05, 3.63) is 35.9 Å². The lowest BCUT2D eigenvalue weighted by Gasteiger charge is -2.39. The van der Waals surface area contributed by atoms with Gasteiger partial charge in [0.2, 0.25) is 0 Å². The zero-order valence-electron chi connectivity index (χ0n) is 14.5. The van der Waals surface area contributed by atoms with Crippen molar-refractivity contribution in [3.8, 4) is 0 Å². The van der Waals surface area contributed by atoms with Crippen LogP contribution in [0.5, 0.6) is 0 Å². The third-order valence-electron chi connectivity index (χ3n) is 5.83. The minimum absolute atomic E-state index is 0.0141. The molecule has 3 heterocycles. The number of piperidine rings is 1. The van der Waals surface area contributed by atoms with Crippen molar-refractivity contribution >= 4 is 6.09 Å². The summed E-state index contributed by atoms with van der Waals surface area (Å²) >= 11 is 0. The molecule has 3 aliphatic rings. The minimum atomic E-state index is -0.679. The molecule has 136 valence electrons. The van der Waals surface area contributed by atoms with E-state index in [9.17, 15) is 9.90 Å². The molecule has 1 aromatic carbocycles. The maximum Gasteiger partial charge on any atom is 0.410 e. The van der Waals surface area contributed by atoms with Crippen molar-refractivity contribution in [2.24, 2.45) is 5.92 Å². The molecule has 0 spiro atoms. The van der Waals surface area contributed by atoms with Crippen molar-refractivity contribution in [3.63, 3.8) is 0 Å². The predicted molar refractivity (Wildman–Crippen MR) is 89.7 cm³/mol. The van der Waals surface area contributed by atoms with Crippen molar-refractivity contribution in [1.82, 2.24) is 4.90 Å². The Hall–Kier alpha value is -1.63. The molecule has 25 heavy (non-hydrogen) atoms. The molecule has 3 saturated heterocycles. The second-order valence-corrected chi connectivity index (χ2v) is 7.28. The summed E-state index contributed by atoms with van der Waals surface area (Å²) in [5, 5.41) is 10.4. The van der Waals surface area contributed by atoms with Gasteiger partial charge in [0.15, 0.2) is 5.79 Å². The maximum absolute atomic E-state index is 12.8. The number of amides is 1. The van der Waals surface area contributed by atoms with Gasteiger partial charge in [-0.15, -0.1) is 0 Å². The Kier molecular flexibility index (Phi) is 4.43. The van der Waals surface area contributed by atoms with Crippen LogP contribution in [-0.4, -0.2) is 53.3 Å². The fraction of sp³-hybridized carbons (Fsp3) is 0.632. The van der Waals surface area contributed by atoms with E-state index in [0.29, 0.717) is 26.1 Å². The summed E-state index contributed by atoms with van der Waals surface area (Å²) in [6.45, 7) is 3.34. The van der Waals surface area contributed by atoms with Crippen LogP contribution >= 0.6 is 0 Å². The number of carbonyl (C=O) groups excluding carboxylic acids is 1. The summed E-state index contributed by atoms with van der Waals surface area (Å²) in [5.41, 5.74) is 0.951. The Morgan fingerprint density at radius 3 is 2.68 bits per heavy atom. The van der Waals surface area contributed by atoms with Crippen molar-refractivity contribution in [1.29, 1.82) is 0 Å². The molecule has 0 saturated carbocycles. The maximum atomic E-state index is 12.8. The molecule has 3 unspecified atom stereocenters. The lowest BCUT2D eigenvalue weighted by molar-refractivity contribution is -0.186. The van der Waals surface area contributed by atoms with Crippen molar-refractivity contribution in [2.75, 3.05) is 13.2 Å². The van der Waals surface area contributed by atoms with Gasteiger partial charge in [-0.05, 0) is 31.7 Å². The quantitative estimate of drug-likeness (QED) is 0.909. The van der Waals surface area contributed by atoms with Crippen LogP contribution in [0.15, 0.2) is 30.3 Å². The molecule has 3 aliphatic heterocycles. The third-order valence-corrected chi connectivity index (χ3v) is 5.83. The second-order valence-electron chi connectivity index (χ2n) is 7.28.